The van der Waals surface area contributed by atoms with E-state index in [1.807, 2.05) is 0 Å². The van der Waals surface area contributed by atoms with Crippen molar-refractivity contribution in [3.8, 4) is 11.5 Å². The predicted molar refractivity (Wildman–Crippen MR) is 69.2 cm³/mol. The molecule has 0 fully saturated rings. The maximum atomic E-state index is 12.7. The quantitative estimate of drug-likeness (QED) is 0.937. The first kappa shape index (κ1) is 13.5. The molecule has 1 N–H and O–H groups in total. The van der Waals surface area contributed by atoms with Crippen molar-refractivity contribution >= 4 is 10.0 Å². The Morgan fingerprint density at radius 2 is 1.42 bits per heavy atom. The summed E-state index contributed by atoms with van der Waals surface area (Å²) in [5.74, 6) is 0.607. The number of sulfonamides is 1. The zero-order valence-corrected chi connectivity index (χ0v) is 10.9. The summed E-state index contributed by atoms with van der Waals surface area (Å²) in [6.07, 6.45) is 0. The molecular weight excluding hydrogens is 269 g/mol. The van der Waals surface area contributed by atoms with Gasteiger partial charge in [-0.2, -0.15) is 0 Å². The zero-order valence-electron chi connectivity index (χ0n) is 10.1. The van der Waals surface area contributed by atoms with E-state index < -0.39 is 10.0 Å². The molecule has 4 nitrogen and oxygen atoms in total. The summed E-state index contributed by atoms with van der Waals surface area (Å²) in [5, 5.41) is 0. The van der Waals surface area contributed by atoms with Gasteiger partial charge >= 0.3 is 0 Å². The average Bonchev–Trinajstić information content (AvgIpc) is 2.42. The molecule has 19 heavy (non-hydrogen) atoms. The van der Waals surface area contributed by atoms with Gasteiger partial charge in [-0.15, -0.1) is 0 Å². The number of hydrogen-bond acceptors (Lipinski definition) is 3. The standard InChI is InChI=1S/C13H12FNO3S/c1-15-19(16,17)13-8-6-12(7-9-13)18-11-4-2-10(14)3-5-11/h2-9,15H,1H3. The summed E-state index contributed by atoms with van der Waals surface area (Å²) < 4.78 is 43.4. The lowest BCUT2D eigenvalue weighted by Gasteiger charge is -2.07. The van der Waals surface area contributed by atoms with Crippen LogP contribution >= 0.6 is 0 Å². The van der Waals surface area contributed by atoms with Crippen molar-refractivity contribution in [2.45, 2.75) is 4.90 Å². The van der Waals surface area contributed by atoms with Gasteiger partial charge in [0.1, 0.15) is 17.3 Å². The summed E-state index contributed by atoms with van der Waals surface area (Å²) in [6.45, 7) is 0. The lowest BCUT2D eigenvalue weighted by Crippen LogP contribution is -2.18. The molecule has 0 spiro atoms. The Labute approximate surface area is 110 Å². The average molecular weight is 281 g/mol. The molecule has 0 unspecified atom stereocenters. The van der Waals surface area contributed by atoms with Gasteiger partial charge in [0, 0.05) is 0 Å². The van der Waals surface area contributed by atoms with Crippen LogP contribution in [0, 0.1) is 5.82 Å². The molecular formula is C13H12FNO3S. The predicted octanol–water partition coefficient (Wildman–Crippen LogP) is 2.53. The highest BCUT2D eigenvalue weighted by atomic mass is 32.2. The normalized spacial score (nSPS) is 11.3. The van der Waals surface area contributed by atoms with E-state index in [4.69, 9.17) is 4.74 Å². The molecule has 0 radical (unpaired) electrons. The van der Waals surface area contributed by atoms with Gasteiger partial charge < -0.3 is 4.74 Å². The van der Waals surface area contributed by atoms with Crippen LogP contribution in [0.4, 0.5) is 4.39 Å². The summed E-state index contributed by atoms with van der Waals surface area (Å²) in [4.78, 5) is 0.154. The molecule has 0 aliphatic rings. The molecule has 2 rings (SSSR count). The second-order valence-electron chi connectivity index (χ2n) is 3.73. The van der Waals surface area contributed by atoms with E-state index in [2.05, 4.69) is 4.72 Å². The molecule has 0 aromatic heterocycles. The van der Waals surface area contributed by atoms with Crippen molar-refractivity contribution in [3.05, 3.63) is 54.3 Å². The lowest BCUT2D eigenvalue weighted by atomic mass is 10.3. The van der Waals surface area contributed by atoms with E-state index in [1.165, 1.54) is 55.6 Å². The fourth-order valence-corrected chi connectivity index (χ4v) is 2.17. The van der Waals surface area contributed by atoms with Gasteiger partial charge in [-0.3, -0.25) is 0 Å². The van der Waals surface area contributed by atoms with Crippen molar-refractivity contribution in [1.82, 2.24) is 4.72 Å². The van der Waals surface area contributed by atoms with Gasteiger partial charge in [-0.05, 0) is 55.6 Å². The smallest absolute Gasteiger partial charge is 0.240 e. The van der Waals surface area contributed by atoms with Gasteiger partial charge in [0.25, 0.3) is 0 Å². The Hall–Kier alpha value is -1.92. The first-order valence-electron chi connectivity index (χ1n) is 5.48. The third-order valence-electron chi connectivity index (χ3n) is 2.45. The van der Waals surface area contributed by atoms with Gasteiger partial charge in [0.05, 0.1) is 4.90 Å². The van der Waals surface area contributed by atoms with Crippen LogP contribution < -0.4 is 9.46 Å². The Morgan fingerprint density at radius 1 is 0.947 bits per heavy atom. The summed E-state index contributed by atoms with van der Waals surface area (Å²) in [5.41, 5.74) is 0. The second-order valence-corrected chi connectivity index (χ2v) is 5.62. The van der Waals surface area contributed by atoms with Gasteiger partial charge in [-0.25, -0.2) is 17.5 Å². The van der Waals surface area contributed by atoms with Crippen molar-refractivity contribution in [3.63, 3.8) is 0 Å². The number of hydrogen-bond donors (Lipinski definition) is 1. The molecule has 2 aromatic carbocycles. The monoisotopic (exact) mass is 281 g/mol. The van der Waals surface area contributed by atoms with E-state index >= 15 is 0 Å². The van der Waals surface area contributed by atoms with Crippen LogP contribution in [-0.2, 0) is 10.0 Å². The molecule has 0 heterocycles. The topological polar surface area (TPSA) is 55.4 Å². The maximum absolute atomic E-state index is 12.7. The molecule has 0 saturated heterocycles. The van der Waals surface area contributed by atoms with Crippen molar-refractivity contribution in [1.29, 1.82) is 0 Å². The van der Waals surface area contributed by atoms with Crippen LogP contribution in [0.15, 0.2) is 53.4 Å². The molecule has 0 aliphatic heterocycles. The molecule has 0 saturated carbocycles. The maximum Gasteiger partial charge on any atom is 0.240 e. The minimum absolute atomic E-state index is 0.154. The van der Waals surface area contributed by atoms with E-state index in [0.29, 0.717) is 11.5 Å². The van der Waals surface area contributed by atoms with Crippen molar-refractivity contribution in [2.24, 2.45) is 0 Å². The highest BCUT2D eigenvalue weighted by molar-refractivity contribution is 7.89. The molecule has 0 atom stereocenters. The van der Waals surface area contributed by atoms with Crippen LogP contribution in [0.2, 0.25) is 0 Å². The van der Waals surface area contributed by atoms with Gasteiger partial charge in [-0.1, -0.05) is 0 Å². The van der Waals surface area contributed by atoms with E-state index in [1.54, 1.807) is 0 Å². The third kappa shape index (κ3) is 3.30. The highest BCUT2D eigenvalue weighted by Crippen LogP contribution is 2.22. The number of ether oxygens (including phenoxy) is 1. The van der Waals surface area contributed by atoms with E-state index in [9.17, 15) is 12.8 Å². The first-order chi connectivity index (χ1) is 9.01. The number of benzene rings is 2. The Bertz CT molecular complexity index is 651. The summed E-state index contributed by atoms with van der Waals surface area (Å²) in [7, 11) is -2.10. The largest absolute Gasteiger partial charge is 0.457 e. The van der Waals surface area contributed by atoms with Gasteiger partial charge in [0.15, 0.2) is 0 Å². The second kappa shape index (κ2) is 5.38. The van der Waals surface area contributed by atoms with Crippen LogP contribution in [0.5, 0.6) is 11.5 Å². The Kier molecular flexibility index (Phi) is 3.82. The molecule has 0 amide bonds. The third-order valence-corrected chi connectivity index (χ3v) is 3.88. The van der Waals surface area contributed by atoms with Crippen LogP contribution in [0.1, 0.15) is 0 Å². The molecule has 6 heteroatoms. The Morgan fingerprint density at radius 3 is 1.89 bits per heavy atom. The minimum atomic E-state index is -3.45. The van der Waals surface area contributed by atoms with Crippen molar-refractivity contribution in [2.75, 3.05) is 7.05 Å². The molecule has 2 aromatic rings. The highest BCUT2D eigenvalue weighted by Gasteiger charge is 2.10. The molecule has 100 valence electrons. The minimum Gasteiger partial charge on any atom is -0.457 e. The summed E-state index contributed by atoms with van der Waals surface area (Å²) >= 11 is 0. The first-order valence-corrected chi connectivity index (χ1v) is 6.96. The van der Waals surface area contributed by atoms with Crippen LogP contribution in [0.25, 0.3) is 0 Å². The van der Waals surface area contributed by atoms with Crippen LogP contribution in [0.3, 0.4) is 0 Å². The fourth-order valence-electron chi connectivity index (χ4n) is 1.44. The van der Waals surface area contributed by atoms with Crippen LogP contribution in [-0.4, -0.2) is 15.5 Å². The van der Waals surface area contributed by atoms with E-state index in [-0.39, 0.29) is 10.7 Å². The zero-order chi connectivity index (χ0) is 13.9. The summed E-state index contributed by atoms with van der Waals surface area (Å²) in [6, 6.07) is 11.5. The number of halogens is 1. The Balaban J connectivity index is 2.17. The molecule has 0 aliphatic carbocycles. The van der Waals surface area contributed by atoms with Gasteiger partial charge in [0.2, 0.25) is 10.0 Å². The van der Waals surface area contributed by atoms with Crippen molar-refractivity contribution < 1.29 is 17.5 Å². The number of rotatable bonds is 4. The SMILES string of the molecule is CNS(=O)(=O)c1ccc(Oc2ccc(F)cc2)cc1. The fraction of sp³-hybridized carbons (Fsp3) is 0.0769. The molecule has 0 bridgehead atoms. The lowest BCUT2D eigenvalue weighted by molar-refractivity contribution is 0.480. The van der Waals surface area contributed by atoms with E-state index in [0.717, 1.165) is 0 Å². The number of nitrogens with one attached hydrogen (secondary N) is 1.